The Morgan fingerprint density at radius 2 is 1.65 bits per heavy atom. The predicted octanol–water partition coefficient (Wildman–Crippen LogP) is 4.01. The standard InChI is InChI=1S/C26H28F3N7O/c1-35-12-14-36(15-13-35)17-24(37)32-20-9-6-18(7-10-20)19-8-11-23(31-16-19)34-25(30)33-22-5-3-2-4-21(22)26(27,28)29/h2-11,16H,12-15,17H2,1H3,(H,32,37)(H3,30,31,33,34). The zero-order valence-corrected chi connectivity index (χ0v) is 20.3. The fourth-order valence-electron chi connectivity index (χ4n) is 3.91. The summed E-state index contributed by atoms with van der Waals surface area (Å²) >= 11 is 0. The van der Waals surface area contributed by atoms with Crippen LogP contribution in [0.15, 0.2) is 71.9 Å². The number of benzene rings is 2. The van der Waals surface area contributed by atoms with Gasteiger partial charge in [0.25, 0.3) is 0 Å². The number of likely N-dealkylation sites (N-methyl/N-ethyl adjacent to an activating group) is 1. The van der Waals surface area contributed by atoms with Gasteiger partial charge in [0.1, 0.15) is 0 Å². The lowest BCUT2D eigenvalue weighted by Crippen LogP contribution is -2.47. The molecule has 194 valence electrons. The minimum atomic E-state index is -4.52. The lowest BCUT2D eigenvalue weighted by molar-refractivity contribution is -0.136. The number of nitrogens with one attached hydrogen (secondary N) is 2. The van der Waals surface area contributed by atoms with Gasteiger partial charge in [-0.25, -0.2) is 4.98 Å². The highest BCUT2D eigenvalue weighted by molar-refractivity contribution is 5.94. The number of carbonyl (C=O) groups excluding carboxylic acids is 1. The molecule has 4 N–H and O–H groups in total. The Labute approximate surface area is 213 Å². The van der Waals surface area contributed by atoms with Gasteiger partial charge in [0.15, 0.2) is 11.8 Å². The Bertz CT molecular complexity index is 1240. The molecule has 1 amide bonds. The number of rotatable bonds is 6. The minimum Gasteiger partial charge on any atom is -0.369 e. The monoisotopic (exact) mass is 511 g/mol. The van der Waals surface area contributed by atoms with Crippen molar-refractivity contribution >= 4 is 29.1 Å². The number of amides is 1. The van der Waals surface area contributed by atoms with Crippen LogP contribution in [0.3, 0.4) is 0 Å². The Morgan fingerprint density at radius 1 is 0.973 bits per heavy atom. The van der Waals surface area contributed by atoms with Crippen molar-refractivity contribution < 1.29 is 18.0 Å². The molecule has 0 unspecified atom stereocenters. The van der Waals surface area contributed by atoms with Gasteiger partial charge >= 0.3 is 6.18 Å². The van der Waals surface area contributed by atoms with Crippen molar-refractivity contribution in [3.63, 3.8) is 0 Å². The smallest absolute Gasteiger partial charge is 0.369 e. The fraction of sp³-hybridized carbons (Fsp3) is 0.269. The summed E-state index contributed by atoms with van der Waals surface area (Å²) in [5, 5.41) is 5.41. The third kappa shape index (κ3) is 7.28. The highest BCUT2D eigenvalue weighted by Gasteiger charge is 2.33. The van der Waals surface area contributed by atoms with E-state index >= 15 is 0 Å². The third-order valence-corrected chi connectivity index (χ3v) is 5.94. The number of guanidine groups is 1. The number of carbonyl (C=O) groups is 1. The molecule has 2 heterocycles. The molecule has 1 saturated heterocycles. The molecule has 37 heavy (non-hydrogen) atoms. The van der Waals surface area contributed by atoms with Crippen LogP contribution >= 0.6 is 0 Å². The van der Waals surface area contributed by atoms with Crippen LogP contribution < -0.4 is 16.4 Å². The fourth-order valence-corrected chi connectivity index (χ4v) is 3.91. The molecule has 0 radical (unpaired) electrons. The lowest BCUT2D eigenvalue weighted by Gasteiger charge is -2.31. The number of hydrogen-bond donors (Lipinski definition) is 3. The summed E-state index contributed by atoms with van der Waals surface area (Å²) in [7, 11) is 2.07. The summed E-state index contributed by atoms with van der Waals surface area (Å²) < 4.78 is 39.5. The summed E-state index contributed by atoms with van der Waals surface area (Å²) in [6, 6.07) is 15.8. The summed E-state index contributed by atoms with van der Waals surface area (Å²) in [6.07, 6.45) is -2.93. The van der Waals surface area contributed by atoms with E-state index in [-0.39, 0.29) is 23.4 Å². The molecule has 0 aliphatic carbocycles. The number of aromatic nitrogens is 1. The van der Waals surface area contributed by atoms with E-state index in [2.05, 4.69) is 37.5 Å². The van der Waals surface area contributed by atoms with Gasteiger partial charge in [-0.1, -0.05) is 24.3 Å². The molecule has 0 spiro atoms. The van der Waals surface area contributed by atoms with E-state index in [0.717, 1.165) is 43.4 Å². The van der Waals surface area contributed by atoms with Gasteiger partial charge in [0.2, 0.25) is 5.91 Å². The summed E-state index contributed by atoms with van der Waals surface area (Å²) in [6.45, 7) is 4.02. The molecule has 1 fully saturated rings. The van der Waals surface area contributed by atoms with Gasteiger partial charge in [0.05, 0.1) is 17.8 Å². The minimum absolute atomic E-state index is 0.0507. The largest absolute Gasteiger partial charge is 0.418 e. The van der Waals surface area contributed by atoms with Crippen LogP contribution in [-0.4, -0.2) is 66.4 Å². The normalized spacial score (nSPS) is 15.4. The molecule has 0 saturated carbocycles. The molecule has 1 aliphatic rings. The summed E-state index contributed by atoms with van der Waals surface area (Å²) in [4.78, 5) is 25.0. The Morgan fingerprint density at radius 3 is 2.30 bits per heavy atom. The number of piperazine rings is 1. The number of halogens is 3. The maximum atomic E-state index is 13.2. The molecule has 2 aromatic carbocycles. The van der Waals surface area contributed by atoms with Gasteiger partial charge in [-0.3, -0.25) is 9.69 Å². The highest BCUT2D eigenvalue weighted by Crippen LogP contribution is 2.34. The number of nitrogens with two attached hydrogens (primary N) is 1. The molecule has 0 atom stereocenters. The van der Waals surface area contributed by atoms with E-state index in [4.69, 9.17) is 5.73 Å². The summed E-state index contributed by atoms with van der Waals surface area (Å²) in [5.41, 5.74) is 7.18. The van der Waals surface area contributed by atoms with E-state index in [1.54, 1.807) is 18.3 Å². The third-order valence-electron chi connectivity index (χ3n) is 5.94. The highest BCUT2D eigenvalue weighted by atomic mass is 19.4. The molecule has 4 rings (SSSR count). The first kappa shape index (κ1) is 26.1. The molecule has 8 nitrogen and oxygen atoms in total. The van der Waals surface area contributed by atoms with Crippen LogP contribution in [0.1, 0.15) is 5.56 Å². The number of para-hydroxylation sites is 1. The topological polar surface area (TPSA) is 98.9 Å². The lowest BCUT2D eigenvalue weighted by atomic mass is 10.1. The molecule has 1 aliphatic heterocycles. The van der Waals surface area contributed by atoms with Crippen LogP contribution in [0, 0.1) is 0 Å². The first-order valence-electron chi connectivity index (χ1n) is 11.7. The van der Waals surface area contributed by atoms with Crippen molar-refractivity contribution in [2.75, 3.05) is 50.4 Å². The Kier molecular flexibility index (Phi) is 8.04. The second-order valence-corrected chi connectivity index (χ2v) is 8.78. The van der Waals surface area contributed by atoms with Crippen molar-refractivity contribution in [1.29, 1.82) is 0 Å². The predicted molar refractivity (Wildman–Crippen MR) is 139 cm³/mol. The Hall–Kier alpha value is -3.96. The SMILES string of the molecule is CN1CCN(CC(=O)Nc2ccc(-c3ccc(N=C(N)Nc4ccccc4C(F)(F)F)nc3)cc2)CC1. The van der Waals surface area contributed by atoms with Gasteiger partial charge in [-0.15, -0.1) is 0 Å². The number of anilines is 2. The van der Waals surface area contributed by atoms with Crippen molar-refractivity contribution in [1.82, 2.24) is 14.8 Å². The quantitative estimate of drug-likeness (QED) is 0.342. The van der Waals surface area contributed by atoms with Crippen LogP contribution in [0.4, 0.5) is 30.4 Å². The molecule has 3 aromatic rings. The molecular weight excluding hydrogens is 483 g/mol. The first-order valence-corrected chi connectivity index (χ1v) is 11.7. The summed E-state index contributed by atoms with van der Waals surface area (Å²) in [5.74, 6) is -0.0233. The maximum Gasteiger partial charge on any atom is 0.418 e. The van der Waals surface area contributed by atoms with E-state index in [0.29, 0.717) is 12.2 Å². The van der Waals surface area contributed by atoms with Crippen molar-refractivity contribution in [3.05, 3.63) is 72.4 Å². The van der Waals surface area contributed by atoms with Crippen molar-refractivity contribution in [3.8, 4) is 11.1 Å². The second kappa shape index (κ2) is 11.4. The van der Waals surface area contributed by atoms with E-state index < -0.39 is 11.7 Å². The molecular formula is C26H28F3N7O. The zero-order chi connectivity index (χ0) is 26.4. The van der Waals surface area contributed by atoms with Gasteiger partial charge in [-0.05, 0) is 49.0 Å². The van der Waals surface area contributed by atoms with Gasteiger partial charge in [-0.2, -0.15) is 18.2 Å². The average Bonchev–Trinajstić information content (AvgIpc) is 2.86. The number of hydrogen-bond acceptors (Lipinski definition) is 5. The van der Waals surface area contributed by atoms with E-state index in [9.17, 15) is 18.0 Å². The van der Waals surface area contributed by atoms with E-state index in [1.807, 2.05) is 24.3 Å². The maximum absolute atomic E-state index is 13.2. The van der Waals surface area contributed by atoms with Crippen LogP contribution in [0.25, 0.3) is 11.1 Å². The van der Waals surface area contributed by atoms with Crippen LogP contribution in [0.2, 0.25) is 0 Å². The van der Waals surface area contributed by atoms with Crippen molar-refractivity contribution in [2.45, 2.75) is 6.18 Å². The molecule has 11 heteroatoms. The second-order valence-electron chi connectivity index (χ2n) is 8.78. The molecule has 0 bridgehead atoms. The van der Waals surface area contributed by atoms with Crippen LogP contribution in [-0.2, 0) is 11.0 Å². The van der Waals surface area contributed by atoms with Crippen molar-refractivity contribution in [2.24, 2.45) is 10.7 Å². The number of pyridine rings is 1. The number of nitrogens with zero attached hydrogens (tertiary/aromatic N) is 4. The van der Waals surface area contributed by atoms with Crippen LogP contribution in [0.5, 0.6) is 0 Å². The van der Waals surface area contributed by atoms with E-state index in [1.165, 1.54) is 18.2 Å². The Balaban J connectivity index is 1.35. The number of alkyl halides is 3. The van der Waals surface area contributed by atoms with Gasteiger partial charge in [0, 0.05) is 43.6 Å². The average molecular weight is 512 g/mol. The molecule has 1 aromatic heterocycles. The zero-order valence-electron chi connectivity index (χ0n) is 20.3. The number of aliphatic imine (C=N–C) groups is 1. The first-order chi connectivity index (χ1) is 17.7. The van der Waals surface area contributed by atoms with Gasteiger partial charge < -0.3 is 21.3 Å².